The SMILES string of the molecule is O=C(NCCN1CCc2ccccc2C1)c1ccc(F)cc1[N+](=O)[O-]. The second-order valence-corrected chi connectivity index (χ2v) is 5.97. The van der Waals surface area contributed by atoms with Gasteiger partial charge in [-0.15, -0.1) is 0 Å². The molecule has 3 rings (SSSR count). The monoisotopic (exact) mass is 343 g/mol. The van der Waals surface area contributed by atoms with Gasteiger partial charge in [0.1, 0.15) is 11.4 Å². The summed E-state index contributed by atoms with van der Waals surface area (Å²) in [6, 6.07) is 11.2. The first-order valence-corrected chi connectivity index (χ1v) is 8.06. The molecule has 0 aliphatic carbocycles. The molecule has 7 heteroatoms. The van der Waals surface area contributed by atoms with Crippen molar-refractivity contribution in [1.29, 1.82) is 0 Å². The quantitative estimate of drug-likeness (QED) is 0.669. The molecule has 6 nitrogen and oxygen atoms in total. The summed E-state index contributed by atoms with van der Waals surface area (Å²) in [4.78, 5) is 24.6. The molecular weight excluding hydrogens is 325 g/mol. The molecule has 2 aromatic rings. The van der Waals surface area contributed by atoms with Crippen LogP contribution >= 0.6 is 0 Å². The Kier molecular flexibility index (Phi) is 5.04. The van der Waals surface area contributed by atoms with Gasteiger partial charge in [0.25, 0.3) is 11.6 Å². The van der Waals surface area contributed by atoms with Gasteiger partial charge < -0.3 is 5.32 Å². The second kappa shape index (κ2) is 7.40. The van der Waals surface area contributed by atoms with Crippen molar-refractivity contribution >= 4 is 11.6 Å². The van der Waals surface area contributed by atoms with E-state index >= 15 is 0 Å². The number of hydrogen-bond donors (Lipinski definition) is 1. The van der Waals surface area contributed by atoms with Crippen molar-refractivity contribution in [3.63, 3.8) is 0 Å². The maximum Gasteiger partial charge on any atom is 0.285 e. The van der Waals surface area contributed by atoms with E-state index in [2.05, 4.69) is 22.3 Å². The van der Waals surface area contributed by atoms with E-state index in [-0.39, 0.29) is 5.56 Å². The predicted octanol–water partition coefficient (Wildman–Crippen LogP) is 2.52. The first-order valence-electron chi connectivity index (χ1n) is 8.06. The topological polar surface area (TPSA) is 75.5 Å². The molecule has 0 fully saturated rings. The molecule has 2 aromatic carbocycles. The van der Waals surface area contributed by atoms with Gasteiger partial charge in [0, 0.05) is 26.2 Å². The molecule has 0 bridgehead atoms. The number of carbonyl (C=O) groups is 1. The van der Waals surface area contributed by atoms with Crippen LogP contribution in [0.4, 0.5) is 10.1 Å². The number of rotatable bonds is 5. The van der Waals surface area contributed by atoms with E-state index in [0.717, 1.165) is 37.7 Å². The van der Waals surface area contributed by atoms with Gasteiger partial charge in [0.2, 0.25) is 0 Å². The average molecular weight is 343 g/mol. The summed E-state index contributed by atoms with van der Waals surface area (Å²) >= 11 is 0. The summed E-state index contributed by atoms with van der Waals surface area (Å²) in [5.74, 6) is -1.31. The van der Waals surface area contributed by atoms with Crippen LogP contribution in [0.1, 0.15) is 21.5 Å². The molecule has 0 unspecified atom stereocenters. The van der Waals surface area contributed by atoms with Crippen LogP contribution in [0.2, 0.25) is 0 Å². The van der Waals surface area contributed by atoms with Crippen molar-refractivity contribution in [2.45, 2.75) is 13.0 Å². The normalized spacial score (nSPS) is 14.0. The number of nitro benzene ring substituents is 1. The molecule has 0 radical (unpaired) electrons. The highest BCUT2D eigenvalue weighted by Gasteiger charge is 2.21. The van der Waals surface area contributed by atoms with Crippen molar-refractivity contribution in [2.24, 2.45) is 0 Å². The zero-order chi connectivity index (χ0) is 17.8. The minimum Gasteiger partial charge on any atom is -0.351 e. The molecule has 1 amide bonds. The zero-order valence-electron chi connectivity index (χ0n) is 13.6. The molecule has 130 valence electrons. The van der Waals surface area contributed by atoms with E-state index in [1.807, 2.05) is 12.1 Å². The van der Waals surface area contributed by atoms with Gasteiger partial charge in [-0.25, -0.2) is 4.39 Å². The summed E-state index contributed by atoms with van der Waals surface area (Å²) in [5.41, 5.74) is 1.98. The molecule has 0 spiro atoms. The molecule has 1 aliphatic heterocycles. The lowest BCUT2D eigenvalue weighted by Gasteiger charge is -2.28. The number of carbonyl (C=O) groups excluding carboxylic acids is 1. The maximum atomic E-state index is 13.1. The first kappa shape index (κ1) is 17.0. The Bertz CT molecular complexity index is 810. The largest absolute Gasteiger partial charge is 0.351 e. The molecule has 1 aliphatic rings. The lowest BCUT2D eigenvalue weighted by atomic mass is 10.00. The van der Waals surface area contributed by atoms with E-state index in [1.165, 1.54) is 11.1 Å². The fourth-order valence-corrected chi connectivity index (χ4v) is 3.02. The van der Waals surface area contributed by atoms with Gasteiger partial charge >= 0.3 is 0 Å². The van der Waals surface area contributed by atoms with Crippen LogP contribution in [0.15, 0.2) is 42.5 Å². The van der Waals surface area contributed by atoms with Crippen LogP contribution in [0.5, 0.6) is 0 Å². The van der Waals surface area contributed by atoms with Crippen molar-refractivity contribution in [2.75, 3.05) is 19.6 Å². The van der Waals surface area contributed by atoms with Crippen LogP contribution in [-0.2, 0) is 13.0 Å². The third-order valence-corrected chi connectivity index (χ3v) is 4.32. The lowest BCUT2D eigenvalue weighted by molar-refractivity contribution is -0.385. The Hall–Kier alpha value is -2.80. The van der Waals surface area contributed by atoms with E-state index in [9.17, 15) is 19.3 Å². The predicted molar refractivity (Wildman–Crippen MR) is 90.8 cm³/mol. The first-order chi connectivity index (χ1) is 12.0. The van der Waals surface area contributed by atoms with Crippen LogP contribution in [0.25, 0.3) is 0 Å². The molecule has 0 aromatic heterocycles. The highest BCUT2D eigenvalue weighted by atomic mass is 19.1. The molecule has 0 saturated heterocycles. The fraction of sp³-hybridized carbons (Fsp3) is 0.278. The molecule has 1 heterocycles. The Morgan fingerprint density at radius 2 is 2.00 bits per heavy atom. The maximum absolute atomic E-state index is 13.1. The van der Waals surface area contributed by atoms with Gasteiger partial charge in [-0.3, -0.25) is 19.8 Å². The Labute approximate surface area is 144 Å². The number of benzene rings is 2. The van der Waals surface area contributed by atoms with Crippen molar-refractivity contribution < 1.29 is 14.1 Å². The minimum absolute atomic E-state index is 0.129. The van der Waals surface area contributed by atoms with E-state index in [0.29, 0.717) is 13.1 Å². The Morgan fingerprint density at radius 3 is 2.76 bits per heavy atom. The minimum atomic E-state index is -0.750. The summed E-state index contributed by atoms with van der Waals surface area (Å²) in [6.45, 7) is 2.75. The fourth-order valence-electron chi connectivity index (χ4n) is 3.02. The van der Waals surface area contributed by atoms with E-state index < -0.39 is 22.3 Å². The summed E-state index contributed by atoms with van der Waals surface area (Å²) in [7, 11) is 0. The summed E-state index contributed by atoms with van der Waals surface area (Å²) in [6.07, 6.45) is 0.966. The zero-order valence-corrected chi connectivity index (χ0v) is 13.6. The summed E-state index contributed by atoms with van der Waals surface area (Å²) < 4.78 is 13.1. The van der Waals surface area contributed by atoms with Crippen molar-refractivity contribution in [3.05, 3.63) is 75.1 Å². The smallest absolute Gasteiger partial charge is 0.285 e. The van der Waals surface area contributed by atoms with Gasteiger partial charge in [-0.1, -0.05) is 24.3 Å². The third kappa shape index (κ3) is 4.00. The van der Waals surface area contributed by atoms with Crippen molar-refractivity contribution in [3.8, 4) is 0 Å². The van der Waals surface area contributed by atoms with Crippen LogP contribution in [-0.4, -0.2) is 35.4 Å². The second-order valence-electron chi connectivity index (χ2n) is 5.97. The van der Waals surface area contributed by atoms with E-state index in [4.69, 9.17) is 0 Å². The van der Waals surface area contributed by atoms with Crippen molar-refractivity contribution in [1.82, 2.24) is 10.2 Å². The van der Waals surface area contributed by atoms with Gasteiger partial charge in [0.05, 0.1) is 11.0 Å². The van der Waals surface area contributed by atoms with Gasteiger partial charge in [-0.05, 0) is 29.7 Å². The summed E-state index contributed by atoms with van der Waals surface area (Å²) in [5, 5.41) is 13.6. The number of nitrogens with zero attached hydrogens (tertiary/aromatic N) is 2. The number of amides is 1. The van der Waals surface area contributed by atoms with Crippen LogP contribution in [0, 0.1) is 15.9 Å². The Morgan fingerprint density at radius 1 is 1.24 bits per heavy atom. The standard InChI is InChI=1S/C18H18FN3O3/c19-15-5-6-16(17(11-15)22(24)25)18(23)20-8-10-21-9-7-13-3-1-2-4-14(13)12-21/h1-6,11H,7-10,12H2,(H,20,23). The average Bonchev–Trinajstić information content (AvgIpc) is 2.61. The van der Waals surface area contributed by atoms with E-state index in [1.54, 1.807) is 0 Å². The molecular formula is C18H18FN3O3. The van der Waals surface area contributed by atoms with Crippen LogP contribution < -0.4 is 5.32 Å². The Balaban J connectivity index is 1.56. The highest BCUT2D eigenvalue weighted by Crippen LogP contribution is 2.20. The highest BCUT2D eigenvalue weighted by molar-refractivity contribution is 5.98. The number of nitro groups is 1. The lowest BCUT2D eigenvalue weighted by Crippen LogP contribution is -2.37. The molecule has 0 saturated carbocycles. The number of nitrogens with one attached hydrogen (secondary N) is 1. The van der Waals surface area contributed by atoms with Gasteiger partial charge in [-0.2, -0.15) is 0 Å². The third-order valence-electron chi connectivity index (χ3n) is 4.32. The number of halogens is 1. The number of fused-ring (bicyclic) bond motifs is 1. The number of hydrogen-bond acceptors (Lipinski definition) is 4. The van der Waals surface area contributed by atoms with Gasteiger partial charge in [0.15, 0.2) is 0 Å². The molecule has 1 N–H and O–H groups in total. The van der Waals surface area contributed by atoms with Crippen LogP contribution in [0.3, 0.4) is 0 Å². The molecule has 0 atom stereocenters. The molecule has 25 heavy (non-hydrogen) atoms.